The summed E-state index contributed by atoms with van der Waals surface area (Å²) in [4.78, 5) is 22.4. The van der Waals surface area contributed by atoms with Crippen LogP contribution in [0.5, 0.6) is 0 Å². The van der Waals surface area contributed by atoms with Crippen molar-refractivity contribution >= 4 is 36.3 Å². The Morgan fingerprint density at radius 1 is 1.31 bits per heavy atom. The molecule has 0 heterocycles. The summed E-state index contributed by atoms with van der Waals surface area (Å²) >= 11 is 0.272. The summed E-state index contributed by atoms with van der Waals surface area (Å²) in [5.41, 5.74) is 0. The number of amides is 1. The van der Waals surface area contributed by atoms with E-state index in [0.29, 0.717) is 6.29 Å². The van der Waals surface area contributed by atoms with E-state index in [4.69, 9.17) is 9.11 Å². The molecule has 0 saturated carbocycles. The zero-order valence-electron chi connectivity index (χ0n) is 7.05. The average Bonchev–Trinajstić information content (AvgIpc) is 2.12. The summed E-state index contributed by atoms with van der Waals surface area (Å²) < 4.78 is 17.3. The van der Waals surface area contributed by atoms with Gasteiger partial charge in [-0.05, 0) is 0 Å². The number of nitrogens with zero attached hydrogens (tertiary/aromatic N) is 1. The normalized spacial score (nSPS) is 12.0. The minimum Gasteiger partial charge on any atom is -0.344 e. The highest BCUT2D eigenvalue weighted by molar-refractivity contribution is 8.02. The third-order valence-electron chi connectivity index (χ3n) is 1.12. The fourth-order valence-electron chi connectivity index (χ4n) is 0.509. The Bertz CT molecular complexity index is 239. The van der Waals surface area contributed by atoms with E-state index in [1.807, 2.05) is 0 Å². The lowest BCUT2D eigenvalue weighted by Gasteiger charge is -2.11. The monoisotopic (exact) mass is 223 g/mol. The number of allylic oxidation sites excluding steroid dienone is 1. The third kappa shape index (κ3) is 3.39. The van der Waals surface area contributed by atoms with Crippen LogP contribution in [-0.4, -0.2) is 40.3 Å². The largest absolute Gasteiger partial charge is 0.344 e. The Labute approximate surface area is 84.2 Å². The minimum atomic E-state index is -0.531. The molecule has 1 amide bonds. The van der Waals surface area contributed by atoms with Gasteiger partial charge in [0.05, 0.1) is 4.91 Å². The minimum absolute atomic E-state index is 0.132. The first-order valence-corrected chi connectivity index (χ1v) is 4.67. The molecule has 0 saturated heterocycles. The van der Waals surface area contributed by atoms with Crippen molar-refractivity contribution in [1.29, 1.82) is 0 Å². The maximum Gasteiger partial charge on any atom is 0.263 e. The first-order valence-electron chi connectivity index (χ1n) is 3.12. The Balaban J connectivity index is 4.95. The molecule has 0 fully saturated rings. The van der Waals surface area contributed by atoms with Crippen molar-refractivity contribution in [2.75, 3.05) is 14.1 Å². The second kappa shape index (κ2) is 6.03. The molecule has 0 spiro atoms. The first-order chi connectivity index (χ1) is 6.08. The molecule has 5 nitrogen and oxygen atoms in total. The van der Waals surface area contributed by atoms with Gasteiger partial charge in [0.15, 0.2) is 6.29 Å². The molecule has 0 aliphatic carbocycles. The van der Waals surface area contributed by atoms with Crippen LogP contribution >= 0.6 is 24.1 Å². The van der Waals surface area contributed by atoms with Gasteiger partial charge in [-0.1, -0.05) is 0 Å². The standard InChI is InChI=1S/C6H9NO4S2/c1-7(2)6(9)5(13-11)4(3-8)12-10/h3,10-11H,1-2H3/b5-4-. The van der Waals surface area contributed by atoms with Gasteiger partial charge in [0.1, 0.15) is 4.91 Å². The molecule has 0 aromatic heterocycles. The van der Waals surface area contributed by atoms with Gasteiger partial charge in [-0.3, -0.25) is 9.59 Å². The van der Waals surface area contributed by atoms with Gasteiger partial charge in [0.25, 0.3) is 5.91 Å². The first kappa shape index (κ1) is 12.5. The Morgan fingerprint density at radius 2 is 1.85 bits per heavy atom. The number of hydrogen-bond donors (Lipinski definition) is 2. The summed E-state index contributed by atoms with van der Waals surface area (Å²) in [5, 5.41) is 0. The number of carbonyl (C=O) groups excluding carboxylic acids is 2. The van der Waals surface area contributed by atoms with Crippen molar-refractivity contribution in [2.45, 2.75) is 0 Å². The SMILES string of the molecule is CN(C)C(=O)/C(SO)=C(\C=O)SO. The van der Waals surface area contributed by atoms with Crippen LogP contribution in [0.3, 0.4) is 0 Å². The molecule has 74 valence electrons. The zero-order valence-corrected chi connectivity index (χ0v) is 8.68. The van der Waals surface area contributed by atoms with Gasteiger partial charge < -0.3 is 14.0 Å². The van der Waals surface area contributed by atoms with Gasteiger partial charge in [-0.25, -0.2) is 0 Å². The Hall–Kier alpha value is -0.500. The molecule has 0 aromatic carbocycles. The molecule has 0 atom stereocenters. The van der Waals surface area contributed by atoms with Crippen LogP contribution in [0.1, 0.15) is 0 Å². The van der Waals surface area contributed by atoms with Crippen molar-refractivity contribution in [3.8, 4) is 0 Å². The van der Waals surface area contributed by atoms with Crippen LogP contribution in [0.25, 0.3) is 0 Å². The number of hydrogen-bond acceptors (Lipinski definition) is 6. The van der Waals surface area contributed by atoms with Gasteiger partial charge in [-0.15, -0.1) is 0 Å². The second-order valence-corrected chi connectivity index (χ2v) is 3.41. The fourth-order valence-corrected chi connectivity index (χ4v) is 1.34. The summed E-state index contributed by atoms with van der Waals surface area (Å²) in [6.07, 6.45) is 0.310. The second-order valence-electron chi connectivity index (χ2n) is 2.19. The van der Waals surface area contributed by atoms with Crippen LogP contribution in [0, 0.1) is 0 Å². The van der Waals surface area contributed by atoms with E-state index < -0.39 is 5.91 Å². The van der Waals surface area contributed by atoms with Crippen LogP contribution in [0.4, 0.5) is 0 Å². The number of likely N-dealkylation sites (N-methyl/N-ethyl adjacent to an activating group) is 1. The highest BCUT2D eigenvalue weighted by atomic mass is 32.2. The summed E-state index contributed by atoms with van der Waals surface area (Å²) in [6.45, 7) is 0. The van der Waals surface area contributed by atoms with E-state index >= 15 is 0 Å². The summed E-state index contributed by atoms with van der Waals surface area (Å²) in [7, 11) is 2.95. The molecule has 0 aromatic rings. The van der Waals surface area contributed by atoms with E-state index in [-0.39, 0.29) is 33.9 Å². The fraction of sp³-hybridized carbons (Fsp3) is 0.333. The molecule has 0 aliphatic heterocycles. The van der Waals surface area contributed by atoms with Gasteiger partial charge in [-0.2, -0.15) is 0 Å². The van der Waals surface area contributed by atoms with Crippen molar-refractivity contribution in [1.82, 2.24) is 4.90 Å². The van der Waals surface area contributed by atoms with E-state index in [1.165, 1.54) is 19.0 Å². The Morgan fingerprint density at radius 3 is 2.08 bits per heavy atom. The molecule has 0 unspecified atom stereocenters. The topological polar surface area (TPSA) is 77.8 Å². The molecule has 0 rings (SSSR count). The van der Waals surface area contributed by atoms with Crippen molar-refractivity contribution < 1.29 is 18.7 Å². The molecule has 0 aliphatic rings. The average molecular weight is 223 g/mol. The number of carbonyl (C=O) groups is 2. The van der Waals surface area contributed by atoms with Gasteiger partial charge >= 0.3 is 0 Å². The Kier molecular flexibility index (Phi) is 5.80. The molecule has 0 radical (unpaired) electrons. The predicted octanol–water partition coefficient (Wildman–Crippen LogP) is 0.897. The van der Waals surface area contributed by atoms with Gasteiger partial charge in [0, 0.05) is 38.2 Å². The molecular formula is C6H9NO4S2. The predicted molar refractivity (Wildman–Crippen MR) is 52.2 cm³/mol. The third-order valence-corrected chi connectivity index (χ3v) is 2.32. The van der Waals surface area contributed by atoms with Crippen LogP contribution in [0.15, 0.2) is 9.81 Å². The maximum absolute atomic E-state index is 11.2. The van der Waals surface area contributed by atoms with Crippen LogP contribution < -0.4 is 0 Å². The smallest absolute Gasteiger partial charge is 0.263 e. The molecule has 0 bridgehead atoms. The lowest BCUT2D eigenvalue weighted by atomic mass is 10.4. The zero-order chi connectivity index (χ0) is 10.4. The molecule has 2 N–H and O–H groups in total. The molecule has 13 heavy (non-hydrogen) atoms. The van der Waals surface area contributed by atoms with E-state index in [1.54, 1.807) is 0 Å². The lowest BCUT2D eigenvalue weighted by molar-refractivity contribution is -0.124. The van der Waals surface area contributed by atoms with E-state index in [9.17, 15) is 9.59 Å². The highest BCUT2D eigenvalue weighted by Crippen LogP contribution is 2.23. The summed E-state index contributed by atoms with van der Waals surface area (Å²) in [6, 6.07) is 0. The quantitative estimate of drug-likeness (QED) is 0.419. The van der Waals surface area contributed by atoms with Crippen LogP contribution in [0.2, 0.25) is 0 Å². The highest BCUT2D eigenvalue weighted by Gasteiger charge is 2.17. The molecule has 7 heteroatoms. The van der Waals surface area contributed by atoms with Gasteiger partial charge in [0.2, 0.25) is 0 Å². The van der Waals surface area contributed by atoms with Crippen molar-refractivity contribution in [3.05, 3.63) is 9.81 Å². The van der Waals surface area contributed by atoms with E-state index in [2.05, 4.69) is 0 Å². The maximum atomic E-state index is 11.2. The lowest BCUT2D eigenvalue weighted by Crippen LogP contribution is -2.23. The van der Waals surface area contributed by atoms with Crippen LogP contribution in [-0.2, 0) is 9.59 Å². The van der Waals surface area contributed by atoms with Crippen molar-refractivity contribution in [3.63, 3.8) is 0 Å². The number of rotatable bonds is 4. The molecular weight excluding hydrogens is 214 g/mol. The van der Waals surface area contributed by atoms with Crippen molar-refractivity contribution in [2.24, 2.45) is 0 Å². The number of aldehydes is 1. The summed E-state index contributed by atoms with van der Waals surface area (Å²) in [5.74, 6) is -0.531. The van der Waals surface area contributed by atoms with E-state index in [0.717, 1.165) is 0 Å².